The van der Waals surface area contributed by atoms with Crippen LogP contribution in [0.1, 0.15) is 29.3 Å². The van der Waals surface area contributed by atoms with Gasteiger partial charge >= 0.3 is 5.97 Å². The Bertz CT molecular complexity index is 419. The molecule has 98 valence electrons. The second-order valence-electron chi connectivity index (χ2n) is 4.62. The molecule has 4 heteroatoms. The predicted molar refractivity (Wildman–Crippen MR) is 68.7 cm³/mol. The average molecular weight is 249 g/mol. The molecule has 1 atom stereocenters. The molecular weight excluding hydrogens is 230 g/mol. The highest BCUT2D eigenvalue weighted by molar-refractivity contribution is 5.87. The van der Waals surface area contributed by atoms with E-state index in [1.807, 2.05) is 6.07 Å². The standard InChI is InChI=1S/C14H19NO3/c1-2-15-7-6-13(9-15)18-10-11-4-3-5-12(8-11)14(16)17/h3-5,8,13H,2,6-7,9-10H2,1H3,(H,16,17). The number of aromatic carboxylic acids is 1. The van der Waals surface area contributed by atoms with E-state index in [0.717, 1.165) is 31.6 Å². The molecule has 1 N–H and O–H groups in total. The van der Waals surface area contributed by atoms with Gasteiger partial charge in [-0.1, -0.05) is 19.1 Å². The molecule has 1 heterocycles. The van der Waals surface area contributed by atoms with Crippen LogP contribution in [0.3, 0.4) is 0 Å². The Morgan fingerprint density at radius 1 is 1.56 bits per heavy atom. The van der Waals surface area contributed by atoms with Crippen molar-refractivity contribution in [2.45, 2.75) is 26.1 Å². The number of benzene rings is 1. The zero-order valence-electron chi connectivity index (χ0n) is 10.6. The number of ether oxygens (including phenoxy) is 1. The third-order valence-corrected chi connectivity index (χ3v) is 3.34. The molecule has 1 aliphatic heterocycles. The quantitative estimate of drug-likeness (QED) is 0.867. The van der Waals surface area contributed by atoms with Crippen LogP contribution in [0.2, 0.25) is 0 Å². The molecule has 1 saturated heterocycles. The first kappa shape index (κ1) is 13.1. The van der Waals surface area contributed by atoms with Gasteiger partial charge in [0.1, 0.15) is 0 Å². The number of nitrogens with zero attached hydrogens (tertiary/aromatic N) is 1. The normalized spacial score (nSPS) is 20.2. The van der Waals surface area contributed by atoms with Gasteiger partial charge in [-0.15, -0.1) is 0 Å². The zero-order valence-corrected chi connectivity index (χ0v) is 10.6. The number of likely N-dealkylation sites (N-methyl/N-ethyl adjacent to an activating group) is 1. The van der Waals surface area contributed by atoms with Crippen LogP contribution < -0.4 is 0 Å². The van der Waals surface area contributed by atoms with Gasteiger partial charge in [-0.25, -0.2) is 4.79 Å². The fraction of sp³-hybridized carbons (Fsp3) is 0.500. The van der Waals surface area contributed by atoms with Gasteiger partial charge in [0, 0.05) is 13.1 Å². The summed E-state index contributed by atoms with van der Waals surface area (Å²) in [6.07, 6.45) is 1.34. The van der Waals surface area contributed by atoms with Crippen molar-refractivity contribution in [1.29, 1.82) is 0 Å². The fourth-order valence-corrected chi connectivity index (χ4v) is 2.23. The molecule has 1 fully saturated rings. The first-order valence-electron chi connectivity index (χ1n) is 6.35. The summed E-state index contributed by atoms with van der Waals surface area (Å²) >= 11 is 0. The molecule has 18 heavy (non-hydrogen) atoms. The van der Waals surface area contributed by atoms with Gasteiger partial charge < -0.3 is 14.7 Å². The highest BCUT2D eigenvalue weighted by Gasteiger charge is 2.21. The Hall–Kier alpha value is -1.39. The summed E-state index contributed by atoms with van der Waals surface area (Å²) in [5.41, 5.74) is 1.24. The van der Waals surface area contributed by atoms with Crippen molar-refractivity contribution in [2.75, 3.05) is 19.6 Å². The van der Waals surface area contributed by atoms with E-state index in [-0.39, 0.29) is 6.10 Å². The van der Waals surface area contributed by atoms with Gasteiger partial charge in [0.2, 0.25) is 0 Å². The Labute approximate surface area is 107 Å². The second kappa shape index (κ2) is 5.98. The van der Waals surface area contributed by atoms with E-state index < -0.39 is 5.97 Å². The van der Waals surface area contributed by atoms with Gasteiger partial charge in [-0.2, -0.15) is 0 Å². The van der Waals surface area contributed by atoms with Crippen molar-refractivity contribution < 1.29 is 14.6 Å². The SMILES string of the molecule is CCN1CCC(OCc2cccc(C(=O)O)c2)C1. The minimum Gasteiger partial charge on any atom is -0.478 e. The molecule has 4 nitrogen and oxygen atoms in total. The van der Waals surface area contributed by atoms with Crippen molar-refractivity contribution in [3.8, 4) is 0 Å². The summed E-state index contributed by atoms with van der Waals surface area (Å²) in [7, 11) is 0. The monoisotopic (exact) mass is 249 g/mol. The fourth-order valence-electron chi connectivity index (χ4n) is 2.23. The molecule has 0 bridgehead atoms. The Balaban J connectivity index is 1.87. The Morgan fingerprint density at radius 3 is 3.06 bits per heavy atom. The molecule has 0 radical (unpaired) electrons. The van der Waals surface area contributed by atoms with Crippen LogP contribution in [0.15, 0.2) is 24.3 Å². The van der Waals surface area contributed by atoms with E-state index in [9.17, 15) is 4.79 Å². The molecule has 1 aromatic carbocycles. The van der Waals surface area contributed by atoms with Gasteiger partial charge in [-0.3, -0.25) is 0 Å². The summed E-state index contributed by atoms with van der Waals surface area (Å²) in [6.45, 7) is 5.78. The second-order valence-corrected chi connectivity index (χ2v) is 4.62. The van der Waals surface area contributed by atoms with Crippen LogP contribution in [0, 0.1) is 0 Å². The first-order chi connectivity index (χ1) is 8.69. The number of likely N-dealkylation sites (tertiary alicyclic amines) is 1. The lowest BCUT2D eigenvalue weighted by molar-refractivity contribution is 0.0470. The van der Waals surface area contributed by atoms with Crippen LogP contribution in [0.5, 0.6) is 0 Å². The molecule has 0 aliphatic carbocycles. The van der Waals surface area contributed by atoms with E-state index in [0.29, 0.717) is 12.2 Å². The number of carbonyl (C=O) groups is 1. The highest BCUT2D eigenvalue weighted by atomic mass is 16.5. The summed E-state index contributed by atoms with van der Waals surface area (Å²) in [5.74, 6) is -0.894. The minimum absolute atomic E-state index is 0.276. The number of carboxylic acid groups (broad SMARTS) is 1. The molecular formula is C14H19NO3. The van der Waals surface area contributed by atoms with Crippen molar-refractivity contribution in [3.63, 3.8) is 0 Å². The van der Waals surface area contributed by atoms with E-state index in [4.69, 9.17) is 9.84 Å². The van der Waals surface area contributed by atoms with Gasteiger partial charge in [0.15, 0.2) is 0 Å². The maximum atomic E-state index is 10.8. The molecule has 0 amide bonds. The molecule has 0 saturated carbocycles. The lowest BCUT2D eigenvalue weighted by Gasteiger charge is -2.14. The van der Waals surface area contributed by atoms with Crippen LogP contribution in [-0.2, 0) is 11.3 Å². The van der Waals surface area contributed by atoms with Gasteiger partial charge in [-0.05, 0) is 30.7 Å². The lowest BCUT2D eigenvalue weighted by atomic mass is 10.1. The third kappa shape index (κ3) is 3.31. The number of rotatable bonds is 5. The molecule has 0 aromatic heterocycles. The van der Waals surface area contributed by atoms with E-state index in [2.05, 4.69) is 11.8 Å². The number of hydrogen-bond donors (Lipinski definition) is 1. The number of hydrogen-bond acceptors (Lipinski definition) is 3. The number of carboxylic acids is 1. The summed E-state index contributed by atoms with van der Waals surface area (Å²) in [4.78, 5) is 13.2. The van der Waals surface area contributed by atoms with E-state index in [1.165, 1.54) is 0 Å². The molecule has 1 aromatic rings. The van der Waals surface area contributed by atoms with Gasteiger partial charge in [0.25, 0.3) is 0 Å². The molecule has 2 rings (SSSR count). The Kier molecular flexibility index (Phi) is 4.33. The van der Waals surface area contributed by atoms with Crippen molar-refractivity contribution >= 4 is 5.97 Å². The minimum atomic E-state index is -0.894. The molecule has 1 aliphatic rings. The first-order valence-corrected chi connectivity index (χ1v) is 6.35. The zero-order chi connectivity index (χ0) is 13.0. The highest BCUT2D eigenvalue weighted by Crippen LogP contribution is 2.15. The van der Waals surface area contributed by atoms with Crippen LogP contribution in [-0.4, -0.2) is 41.7 Å². The maximum Gasteiger partial charge on any atom is 0.335 e. The topological polar surface area (TPSA) is 49.8 Å². The van der Waals surface area contributed by atoms with Crippen molar-refractivity contribution in [1.82, 2.24) is 4.90 Å². The summed E-state index contributed by atoms with van der Waals surface area (Å²) in [5, 5.41) is 8.91. The third-order valence-electron chi connectivity index (χ3n) is 3.34. The van der Waals surface area contributed by atoms with Crippen LogP contribution in [0.25, 0.3) is 0 Å². The largest absolute Gasteiger partial charge is 0.478 e. The summed E-state index contributed by atoms with van der Waals surface area (Å²) in [6, 6.07) is 6.93. The van der Waals surface area contributed by atoms with Gasteiger partial charge in [0.05, 0.1) is 18.3 Å². The molecule has 0 spiro atoms. The van der Waals surface area contributed by atoms with E-state index >= 15 is 0 Å². The van der Waals surface area contributed by atoms with Crippen LogP contribution in [0.4, 0.5) is 0 Å². The average Bonchev–Trinajstić information content (AvgIpc) is 2.84. The van der Waals surface area contributed by atoms with Crippen LogP contribution >= 0.6 is 0 Å². The van der Waals surface area contributed by atoms with E-state index in [1.54, 1.807) is 18.2 Å². The predicted octanol–water partition coefficient (Wildman–Crippen LogP) is 2.00. The maximum absolute atomic E-state index is 10.8. The Morgan fingerprint density at radius 2 is 2.39 bits per heavy atom. The van der Waals surface area contributed by atoms with Crippen molar-refractivity contribution in [2.24, 2.45) is 0 Å². The summed E-state index contributed by atoms with van der Waals surface area (Å²) < 4.78 is 5.82. The molecule has 1 unspecified atom stereocenters. The lowest BCUT2D eigenvalue weighted by Crippen LogP contribution is -2.22. The van der Waals surface area contributed by atoms with Crippen molar-refractivity contribution in [3.05, 3.63) is 35.4 Å². The smallest absolute Gasteiger partial charge is 0.335 e.